The average Bonchev–Trinajstić information content (AvgIpc) is 3.65. The van der Waals surface area contributed by atoms with Crippen molar-refractivity contribution in [1.29, 1.82) is 5.26 Å². The van der Waals surface area contributed by atoms with Crippen LogP contribution in [-0.2, 0) is 4.74 Å². The number of amides is 1. The van der Waals surface area contributed by atoms with Crippen LogP contribution in [0.5, 0.6) is 17.4 Å². The van der Waals surface area contributed by atoms with Crippen LogP contribution in [0, 0.1) is 18.3 Å². The van der Waals surface area contributed by atoms with E-state index in [0.717, 1.165) is 46.9 Å². The zero-order chi connectivity index (χ0) is 31.0. The molecule has 11 heteroatoms. The van der Waals surface area contributed by atoms with Crippen LogP contribution in [0.2, 0.25) is 0 Å². The van der Waals surface area contributed by atoms with E-state index >= 15 is 0 Å². The number of anilines is 1. The number of nitrogens with zero attached hydrogens (tertiary/aromatic N) is 6. The molecule has 0 bridgehead atoms. The van der Waals surface area contributed by atoms with Crippen LogP contribution in [0.15, 0.2) is 36.5 Å². The predicted octanol–water partition coefficient (Wildman–Crippen LogP) is 5.61. The number of aromatic nitrogens is 3. The van der Waals surface area contributed by atoms with Gasteiger partial charge in [0.15, 0.2) is 5.75 Å². The Balaban J connectivity index is 1.40. The number of pyridine rings is 1. The molecule has 0 radical (unpaired) electrons. The molecule has 0 spiro atoms. The number of piperazine rings is 1. The number of para-hydroxylation sites is 1. The fourth-order valence-corrected chi connectivity index (χ4v) is 5.99. The lowest BCUT2D eigenvalue weighted by atomic mass is 10.1. The number of nitrogens with one attached hydrogen (secondary N) is 1. The maximum atomic E-state index is 12.8. The number of likely N-dealkylation sites (tertiary alicyclic amines) is 1. The van der Waals surface area contributed by atoms with Crippen molar-refractivity contribution in [3.63, 3.8) is 0 Å². The van der Waals surface area contributed by atoms with E-state index in [4.69, 9.17) is 19.2 Å². The zero-order valence-electron chi connectivity index (χ0n) is 26.0. The molecule has 2 saturated heterocycles. The summed E-state index contributed by atoms with van der Waals surface area (Å²) in [4.78, 5) is 23.9. The molecule has 4 heterocycles. The number of aryl methyl sites for hydroxylation is 1. The Bertz CT molecular complexity index is 1730. The van der Waals surface area contributed by atoms with Crippen LogP contribution >= 0.6 is 0 Å². The van der Waals surface area contributed by atoms with Gasteiger partial charge in [0.2, 0.25) is 5.88 Å². The first-order valence-corrected chi connectivity index (χ1v) is 15.2. The molecule has 1 N–H and O–H groups in total. The van der Waals surface area contributed by atoms with E-state index in [1.165, 1.54) is 0 Å². The first kappa shape index (κ1) is 29.5. The van der Waals surface area contributed by atoms with Crippen molar-refractivity contribution < 1.29 is 19.0 Å². The largest absolute Gasteiger partial charge is 0.475 e. The van der Waals surface area contributed by atoms with Crippen molar-refractivity contribution in [2.24, 2.45) is 0 Å². The molecule has 4 aromatic rings. The third-order valence-electron chi connectivity index (χ3n) is 8.35. The Morgan fingerprint density at radius 1 is 1.11 bits per heavy atom. The van der Waals surface area contributed by atoms with E-state index in [-0.39, 0.29) is 12.1 Å². The topological polar surface area (TPSA) is 120 Å². The van der Waals surface area contributed by atoms with Gasteiger partial charge >= 0.3 is 6.09 Å². The Morgan fingerprint density at radius 2 is 1.91 bits per heavy atom. The van der Waals surface area contributed by atoms with Gasteiger partial charge in [0, 0.05) is 37.6 Å². The molecule has 1 amide bonds. The minimum atomic E-state index is -0.571. The van der Waals surface area contributed by atoms with Gasteiger partial charge in [-0.2, -0.15) is 10.4 Å². The first-order valence-electron chi connectivity index (χ1n) is 15.2. The number of likely N-dealkylation sites (N-methyl/N-ethyl adjacent to an activating group) is 1. The highest BCUT2D eigenvalue weighted by molar-refractivity contribution is 5.99. The molecule has 44 heavy (non-hydrogen) atoms. The molecule has 6 rings (SSSR count). The summed E-state index contributed by atoms with van der Waals surface area (Å²) in [6.45, 7) is 11.0. The molecule has 1 atom stereocenters. The maximum Gasteiger partial charge on any atom is 0.410 e. The SMILES string of the molecule is Cc1ccc2[nH]ncc2c1Oc1cccc2c(N3CCN(C(=O)OC(C)(C)C)CC3)c(C#N)c(OCC3CCCN3C)nc12. The number of hydrogen-bond acceptors (Lipinski definition) is 9. The van der Waals surface area contributed by atoms with Crippen molar-refractivity contribution in [3.05, 3.63) is 47.7 Å². The highest BCUT2D eigenvalue weighted by atomic mass is 16.6. The summed E-state index contributed by atoms with van der Waals surface area (Å²) in [5.41, 5.74) is 2.99. The summed E-state index contributed by atoms with van der Waals surface area (Å²) in [7, 11) is 2.10. The number of fused-ring (bicyclic) bond motifs is 2. The van der Waals surface area contributed by atoms with Gasteiger partial charge in [0.1, 0.15) is 35.1 Å². The van der Waals surface area contributed by atoms with Crippen molar-refractivity contribution >= 4 is 33.6 Å². The number of carbonyl (C=O) groups is 1. The van der Waals surface area contributed by atoms with E-state index in [1.807, 2.05) is 58.0 Å². The summed E-state index contributed by atoms with van der Waals surface area (Å²) in [6.07, 6.45) is 3.58. The molecular weight excluding hydrogens is 558 g/mol. The van der Waals surface area contributed by atoms with E-state index < -0.39 is 5.60 Å². The third kappa shape index (κ3) is 5.82. The normalized spacial score (nSPS) is 17.7. The van der Waals surface area contributed by atoms with E-state index in [0.29, 0.717) is 61.2 Å². The van der Waals surface area contributed by atoms with E-state index in [1.54, 1.807) is 11.1 Å². The standard InChI is InChI=1S/C33H39N7O4/c1-21-11-12-26-25(19-35-37-26)30(21)43-27-10-6-9-23-28(27)36-31(42-20-22-8-7-13-38(22)5)24(18-34)29(23)39-14-16-40(17-15-39)32(41)44-33(2,3)4/h6,9-12,19,22H,7-8,13-17,20H2,1-5H3,(H,35,37). The minimum Gasteiger partial charge on any atom is -0.475 e. The predicted molar refractivity (Wildman–Crippen MR) is 169 cm³/mol. The van der Waals surface area contributed by atoms with E-state index in [9.17, 15) is 10.1 Å². The second-order valence-corrected chi connectivity index (χ2v) is 12.6. The lowest BCUT2D eigenvalue weighted by Gasteiger charge is -2.37. The summed E-state index contributed by atoms with van der Waals surface area (Å²) >= 11 is 0. The first-order chi connectivity index (χ1) is 21.1. The molecular formula is C33H39N7O4. The van der Waals surface area contributed by atoms with Gasteiger partial charge in [-0.1, -0.05) is 18.2 Å². The Morgan fingerprint density at radius 3 is 2.61 bits per heavy atom. The number of H-pyrrole nitrogens is 1. The quantitative estimate of drug-likeness (QED) is 0.302. The second kappa shape index (κ2) is 11.8. The lowest BCUT2D eigenvalue weighted by Crippen LogP contribution is -2.50. The molecule has 2 aromatic carbocycles. The fraction of sp³-hybridized carbons (Fsp3) is 0.455. The van der Waals surface area contributed by atoms with Crippen LogP contribution in [0.1, 0.15) is 44.7 Å². The van der Waals surface area contributed by atoms with Gasteiger partial charge in [-0.3, -0.25) is 5.10 Å². The molecule has 2 fully saturated rings. The van der Waals surface area contributed by atoms with Gasteiger partial charge in [-0.05, 0) is 71.8 Å². The number of benzene rings is 2. The van der Waals surface area contributed by atoms with E-state index in [2.05, 4.69) is 33.1 Å². The molecule has 0 saturated carbocycles. The summed E-state index contributed by atoms with van der Waals surface area (Å²) in [5, 5.41) is 19.4. The van der Waals surface area contributed by atoms with Gasteiger partial charge in [-0.15, -0.1) is 0 Å². The second-order valence-electron chi connectivity index (χ2n) is 12.6. The summed E-state index contributed by atoms with van der Waals surface area (Å²) in [5.74, 6) is 1.54. The van der Waals surface area contributed by atoms with Crippen LogP contribution < -0.4 is 14.4 Å². The zero-order valence-corrected chi connectivity index (χ0v) is 26.0. The average molecular weight is 598 g/mol. The third-order valence-corrected chi connectivity index (χ3v) is 8.35. The van der Waals surface area contributed by atoms with Gasteiger partial charge in [0.05, 0.1) is 22.8 Å². The number of aromatic amines is 1. The van der Waals surface area contributed by atoms with Crippen LogP contribution in [0.3, 0.4) is 0 Å². The number of ether oxygens (including phenoxy) is 3. The molecule has 11 nitrogen and oxygen atoms in total. The summed E-state index contributed by atoms with van der Waals surface area (Å²) in [6, 6.07) is 12.4. The van der Waals surface area contributed by atoms with Crippen LogP contribution in [-0.4, -0.2) is 89.1 Å². The van der Waals surface area contributed by atoms with Crippen molar-refractivity contribution in [3.8, 4) is 23.4 Å². The molecule has 1 unspecified atom stereocenters. The smallest absolute Gasteiger partial charge is 0.410 e. The Kier molecular flexibility index (Phi) is 7.95. The number of rotatable bonds is 6. The summed E-state index contributed by atoms with van der Waals surface area (Å²) < 4.78 is 18.6. The highest BCUT2D eigenvalue weighted by Crippen LogP contribution is 2.42. The van der Waals surface area contributed by atoms with Crippen molar-refractivity contribution in [2.75, 3.05) is 51.3 Å². The van der Waals surface area contributed by atoms with Gasteiger partial charge < -0.3 is 28.9 Å². The lowest BCUT2D eigenvalue weighted by molar-refractivity contribution is 0.0240. The van der Waals surface area contributed by atoms with Gasteiger partial charge in [0.25, 0.3) is 0 Å². The number of hydrogen-bond donors (Lipinski definition) is 1. The Labute approximate surface area is 257 Å². The van der Waals surface area contributed by atoms with Crippen LogP contribution in [0.4, 0.5) is 10.5 Å². The molecule has 0 aliphatic carbocycles. The molecule has 2 aliphatic heterocycles. The minimum absolute atomic E-state index is 0.257. The maximum absolute atomic E-state index is 12.8. The van der Waals surface area contributed by atoms with Gasteiger partial charge in [-0.25, -0.2) is 9.78 Å². The van der Waals surface area contributed by atoms with Crippen molar-refractivity contribution in [1.82, 2.24) is 25.0 Å². The molecule has 230 valence electrons. The van der Waals surface area contributed by atoms with Crippen molar-refractivity contribution in [2.45, 2.75) is 52.2 Å². The fourth-order valence-electron chi connectivity index (χ4n) is 5.99. The monoisotopic (exact) mass is 597 g/mol. The van der Waals surface area contributed by atoms with Crippen LogP contribution in [0.25, 0.3) is 21.8 Å². The highest BCUT2D eigenvalue weighted by Gasteiger charge is 2.30. The molecule has 2 aromatic heterocycles. The Hall–Kier alpha value is -4.56. The number of nitriles is 1. The molecule has 2 aliphatic rings. The number of carbonyl (C=O) groups excluding carboxylic acids is 1.